The zero-order chi connectivity index (χ0) is 11.6. The molecule has 0 aliphatic carbocycles. The first kappa shape index (κ1) is 12.4. The number of benzene rings is 1. The summed E-state index contributed by atoms with van der Waals surface area (Å²) in [5, 5.41) is 0. The van der Waals surface area contributed by atoms with Crippen molar-refractivity contribution in [2.75, 3.05) is 0 Å². The van der Waals surface area contributed by atoms with Gasteiger partial charge in [-0.2, -0.15) is 0 Å². The lowest BCUT2D eigenvalue weighted by Gasteiger charge is -2.27. The molecule has 0 radical (unpaired) electrons. The quantitative estimate of drug-likeness (QED) is 0.785. The first-order chi connectivity index (χ1) is 6.82. The van der Waals surface area contributed by atoms with E-state index in [1.807, 2.05) is 12.1 Å². The van der Waals surface area contributed by atoms with Gasteiger partial charge in [0.15, 0.2) is 11.1 Å². The molecule has 0 saturated carbocycles. The lowest BCUT2D eigenvalue weighted by molar-refractivity contribution is 0.339. The van der Waals surface area contributed by atoms with Crippen LogP contribution in [0.15, 0.2) is 29.2 Å². The van der Waals surface area contributed by atoms with Crippen LogP contribution in [0.5, 0.6) is 0 Å². The Bertz CT molecular complexity index is 349. The third-order valence-corrected chi connectivity index (χ3v) is 3.56. The molecule has 0 fully saturated rings. The minimum absolute atomic E-state index is 0.208. The highest BCUT2D eigenvalue weighted by Crippen LogP contribution is 2.34. The predicted molar refractivity (Wildman–Crippen MR) is 63.3 cm³/mol. The Balaban J connectivity index is 2.94. The van der Waals surface area contributed by atoms with Crippen LogP contribution in [0.4, 0.5) is 0 Å². The predicted octanol–water partition coefficient (Wildman–Crippen LogP) is 3.42. The molecule has 1 rings (SSSR count). The zero-order valence-corrected chi connectivity index (χ0v) is 10.5. The standard InChI is InChI=1S/C12H18O2S/c1-9(12(2,3)4)10-5-7-11(8-6-10)15(13)14/h5-9H,1-4H3,(H,13,14). The summed E-state index contributed by atoms with van der Waals surface area (Å²) in [6.07, 6.45) is 0. The van der Waals surface area contributed by atoms with Crippen molar-refractivity contribution in [3.05, 3.63) is 29.8 Å². The first-order valence-corrected chi connectivity index (χ1v) is 6.14. The molecule has 1 aromatic carbocycles. The Kier molecular flexibility index (Phi) is 3.68. The van der Waals surface area contributed by atoms with Gasteiger partial charge in [0.1, 0.15) is 0 Å². The van der Waals surface area contributed by atoms with Crippen LogP contribution in [0, 0.1) is 5.41 Å². The molecule has 0 saturated heterocycles. The summed E-state index contributed by atoms with van der Waals surface area (Å²) in [6, 6.07) is 7.29. The summed E-state index contributed by atoms with van der Waals surface area (Å²) in [6.45, 7) is 8.74. The average molecular weight is 226 g/mol. The van der Waals surface area contributed by atoms with Gasteiger partial charge in [-0.25, -0.2) is 4.21 Å². The van der Waals surface area contributed by atoms with Crippen LogP contribution < -0.4 is 0 Å². The summed E-state index contributed by atoms with van der Waals surface area (Å²) >= 11 is -1.87. The topological polar surface area (TPSA) is 37.3 Å². The van der Waals surface area contributed by atoms with Gasteiger partial charge in [-0.3, -0.25) is 0 Å². The van der Waals surface area contributed by atoms with Crippen molar-refractivity contribution in [3.8, 4) is 0 Å². The molecule has 1 N–H and O–H groups in total. The minimum atomic E-state index is -1.87. The van der Waals surface area contributed by atoms with E-state index in [1.165, 1.54) is 5.56 Å². The molecule has 0 bridgehead atoms. The molecule has 2 unspecified atom stereocenters. The van der Waals surface area contributed by atoms with Crippen molar-refractivity contribution in [1.82, 2.24) is 0 Å². The Morgan fingerprint density at radius 3 is 2.00 bits per heavy atom. The Labute approximate surface area is 94.0 Å². The van der Waals surface area contributed by atoms with Gasteiger partial charge in [0.25, 0.3) is 0 Å². The summed E-state index contributed by atoms with van der Waals surface area (Å²) < 4.78 is 19.7. The fourth-order valence-corrected chi connectivity index (χ4v) is 1.74. The second-order valence-electron chi connectivity index (χ2n) is 4.91. The van der Waals surface area contributed by atoms with Crippen LogP contribution in [0.1, 0.15) is 39.2 Å². The van der Waals surface area contributed by atoms with E-state index in [0.29, 0.717) is 10.8 Å². The maximum absolute atomic E-state index is 10.8. The second-order valence-corrected chi connectivity index (χ2v) is 5.88. The molecule has 15 heavy (non-hydrogen) atoms. The van der Waals surface area contributed by atoms with E-state index in [0.717, 1.165) is 0 Å². The molecule has 0 aromatic heterocycles. The van der Waals surface area contributed by atoms with Crippen LogP contribution in [0.2, 0.25) is 0 Å². The monoisotopic (exact) mass is 226 g/mol. The highest BCUT2D eigenvalue weighted by molar-refractivity contribution is 7.79. The fourth-order valence-electron chi connectivity index (χ4n) is 1.37. The van der Waals surface area contributed by atoms with Crippen molar-refractivity contribution < 1.29 is 8.76 Å². The van der Waals surface area contributed by atoms with Crippen LogP contribution in [0.3, 0.4) is 0 Å². The van der Waals surface area contributed by atoms with Gasteiger partial charge in [-0.15, -0.1) is 0 Å². The highest BCUT2D eigenvalue weighted by Gasteiger charge is 2.21. The van der Waals surface area contributed by atoms with E-state index in [-0.39, 0.29) is 5.41 Å². The summed E-state index contributed by atoms with van der Waals surface area (Å²) in [5.74, 6) is 0.429. The molecule has 1 aromatic rings. The number of hydrogen-bond donors (Lipinski definition) is 1. The van der Waals surface area contributed by atoms with Crippen LogP contribution in [0.25, 0.3) is 0 Å². The molecule has 0 amide bonds. The maximum atomic E-state index is 10.8. The lowest BCUT2D eigenvalue weighted by Crippen LogP contribution is -2.15. The molecular formula is C12H18O2S. The summed E-state index contributed by atoms with van der Waals surface area (Å²) in [5.41, 5.74) is 1.41. The lowest BCUT2D eigenvalue weighted by atomic mass is 9.78. The SMILES string of the molecule is CC(c1ccc(S(=O)O)cc1)C(C)(C)C. The molecule has 84 valence electrons. The maximum Gasteiger partial charge on any atom is 0.186 e. The number of rotatable bonds is 2. The van der Waals surface area contributed by atoms with Crippen LogP contribution in [-0.4, -0.2) is 8.76 Å². The molecular weight excluding hydrogens is 208 g/mol. The van der Waals surface area contributed by atoms with E-state index >= 15 is 0 Å². The summed E-state index contributed by atoms with van der Waals surface area (Å²) in [7, 11) is 0. The van der Waals surface area contributed by atoms with Crippen LogP contribution in [-0.2, 0) is 11.1 Å². The zero-order valence-electron chi connectivity index (χ0n) is 9.65. The molecule has 0 spiro atoms. The smallest absolute Gasteiger partial charge is 0.186 e. The van der Waals surface area contributed by atoms with Gasteiger partial charge in [0.2, 0.25) is 0 Å². The Morgan fingerprint density at radius 2 is 1.67 bits per heavy atom. The van der Waals surface area contributed by atoms with Gasteiger partial charge in [0, 0.05) is 0 Å². The Hall–Kier alpha value is -0.670. The van der Waals surface area contributed by atoms with Crippen molar-refractivity contribution in [2.45, 2.75) is 38.5 Å². The Morgan fingerprint density at radius 1 is 1.20 bits per heavy atom. The van der Waals surface area contributed by atoms with E-state index in [4.69, 9.17) is 4.55 Å². The summed E-state index contributed by atoms with van der Waals surface area (Å²) in [4.78, 5) is 0.458. The molecule has 2 atom stereocenters. The third-order valence-electron chi connectivity index (χ3n) is 2.88. The van der Waals surface area contributed by atoms with E-state index < -0.39 is 11.1 Å². The highest BCUT2D eigenvalue weighted by atomic mass is 32.2. The molecule has 3 heteroatoms. The normalized spacial score (nSPS) is 16.1. The van der Waals surface area contributed by atoms with Crippen LogP contribution >= 0.6 is 0 Å². The molecule has 0 aliphatic rings. The van der Waals surface area contributed by atoms with Crippen molar-refractivity contribution in [3.63, 3.8) is 0 Å². The first-order valence-electron chi connectivity index (χ1n) is 5.03. The van der Waals surface area contributed by atoms with Crippen molar-refractivity contribution in [2.24, 2.45) is 5.41 Å². The molecule has 2 nitrogen and oxygen atoms in total. The van der Waals surface area contributed by atoms with Gasteiger partial charge in [0.05, 0.1) is 4.90 Å². The van der Waals surface area contributed by atoms with E-state index in [1.54, 1.807) is 12.1 Å². The fraction of sp³-hybridized carbons (Fsp3) is 0.500. The van der Waals surface area contributed by atoms with Crippen molar-refractivity contribution in [1.29, 1.82) is 0 Å². The molecule has 0 heterocycles. The van der Waals surface area contributed by atoms with Gasteiger partial charge in [-0.1, -0.05) is 39.8 Å². The third kappa shape index (κ3) is 3.14. The second kappa shape index (κ2) is 4.45. The van der Waals surface area contributed by atoms with Gasteiger partial charge >= 0.3 is 0 Å². The van der Waals surface area contributed by atoms with Gasteiger partial charge < -0.3 is 4.55 Å². The van der Waals surface area contributed by atoms with Crippen molar-refractivity contribution >= 4 is 11.1 Å². The average Bonchev–Trinajstić information content (AvgIpc) is 2.15. The largest absolute Gasteiger partial charge is 0.302 e. The van der Waals surface area contributed by atoms with E-state index in [2.05, 4.69) is 27.7 Å². The van der Waals surface area contributed by atoms with Gasteiger partial charge in [-0.05, 0) is 29.0 Å². The minimum Gasteiger partial charge on any atom is -0.302 e. The van der Waals surface area contributed by atoms with E-state index in [9.17, 15) is 4.21 Å². The number of hydrogen-bond acceptors (Lipinski definition) is 1. The molecule has 0 aliphatic heterocycles.